The van der Waals surface area contributed by atoms with Crippen LogP contribution in [-0.4, -0.2) is 32.6 Å². The molecule has 1 saturated heterocycles. The SMILES string of the molecule is C[Si](C)(C)CCS(=O)(=O)N1C(c2ccccc2)C1C1CCCCC1. The molecule has 134 valence electrons. The first kappa shape index (κ1) is 18.1. The molecule has 5 heteroatoms. The van der Waals surface area contributed by atoms with Crippen LogP contribution in [0.25, 0.3) is 0 Å². The summed E-state index contributed by atoms with van der Waals surface area (Å²) < 4.78 is 27.9. The molecule has 1 heterocycles. The lowest BCUT2D eigenvalue weighted by molar-refractivity contribution is 0.335. The zero-order valence-electron chi connectivity index (χ0n) is 15.2. The molecule has 0 spiro atoms. The van der Waals surface area contributed by atoms with E-state index in [9.17, 15) is 8.42 Å². The van der Waals surface area contributed by atoms with Gasteiger partial charge in [0.25, 0.3) is 0 Å². The highest BCUT2D eigenvalue weighted by molar-refractivity contribution is 7.89. The van der Waals surface area contributed by atoms with Crippen LogP contribution in [0.3, 0.4) is 0 Å². The molecule has 1 aliphatic heterocycles. The van der Waals surface area contributed by atoms with Crippen molar-refractivity contribution < 1.29 is 8.42 Å². The molecular formula is C19H31NO2SSi. The fourth-order valence-corrected chi connectivity index (χ4v) is 8.95. The van der Waals surface area contributed by atoms with Crippen LogP contribution in [0.4, 0.5) is 0 Å². The summed E-state index contributed by atoms with van der Waals surface area (Å²) in [5.41, 5.74) is 1.17. The summed E-state index contributed by atoms with van der Waals surface area (Å²) in [6, 6.07) is 11.4. The van der Waals surface area contributed by atoms with E-state index in [2.05, 4.69) is 31.8 Å². The second-order valence-corrected chi connectivity index (χ2v) is 16.3. The Kier molecular flexibility index (Phi) is 5.24. The summed E-state index contributed by atoms with van der Waals surface area (Å²) in [5.74, 6) is 0.876. The van der Waals surface area contributed by atoms with Crippen LogP contribution in [0.2, 0.25) is 25.7 Å². The molecule has 0 radical (unpaired) electrons. The van der Waals surface area contributed by atoms with Crippen molar-refractivity contribution >= 4 is 18.1 Å². The zero-order valence-corrected chi connectivity index (χ0v) is 17.1. The predicted molar refractivity (Wildman–Crippen MR) is 103 cm³/mol. The third kappa shape index (κ3) is 4.11. The Morgan fingerprint density at radius 1 is 1.04 bits per heavy atom. The number of hydrogen-bond acceptors (Lipinski definition) is 2. The molecule has 1 saturated carbocycles. The lowest BCUT2D eigenvalue weighted by Crippen LogP contribution is -2.28. The van der Waals surface area contributed by atoms with Crippen LogP contribution < -0.4 is 0 Å². The van der Waals surface area contributed by atoms with Gasteiger partial charge < -0.3 is 0 Å². The van der Waals surface area contributed by atoms with Gasteiger partial charge in [0.1, 0.15) is 0 Å². The van der Waals surface area contributed by atoms with Gasteiger partial charge in [-0.25, -0.2) is 8.42 Å². The van der Waals surface area contributed by atoms with E-state index in [1.807, 2.05) is 22.5 Å². The van der Waals surface area contributed by atoms with Crippen LogP contribution in [0, 0.1) is 5.92 Å². The molecule has 2 fully saturated rings. The Balaban J connectivity index is 1.80. The summed E-state index contributed by atoms with van der Waals surface area (Å²) in [4.78, 5) is 0. The molecule has 0 N–H and O–H groups in total. The quantitative estimate of drug-likeness (QED) is 0.543. The van der Waals surface area contributed by atoms with Gasteiger partial charge in [-0.15, -0.1) is 0 Å². The van der Waals surface area contributed by atoms with Gasteiger partial charge >= 0.3 is 0 Å². The van der Waals surface area contributed by atoms with Gasteiger partial charge in [0.05, 0.1) is 11.8 Å². The maximum absolute atomic E-state index is 13.0. The smallest absolute Gasteiger partial charge is 0.212 e. The third-order valence-corrected chi connectivity index (χ3v) is 9.45. The Labute approximate surface area is 148 Å². The van der Waals surface area contributed by atoms with Gasteiger partial charge in [-0.1, -0.05) is 69.2 Å². The van der Waals surface area contributed by atoms with E-state index >= 15 is 0 Å². The number of hydrogen-bond donors (Lipinski definition) is 0. The van der Waals surface area contributed by atoms with Crippen molar-refractivity contribution in [3.63, 3.8) is 0 Å². The molecule has 3 rings (SSSR count). The van der Waals surface area contributed by atoms with Crippen LogP contribution in [0.5, 0.6) is 0 Å². The van der Waals surface area contributed by atoms with Gasteiger partial charge in [-0.3, -0.25) is 0 Å². The van der Waals surface area contributed by atoms with Crippen molar-refractivity contribution in [1.29, 1.82) is 0 Å². The van der Waals surface area contributed by atoms with Gasteiger partial charge in [0, 0.05) is 14.1 Å². The topological polar surface area (TPSA) is 37.1 Å². The van der Waals surface area contributed by atoms with E-state index in [0.29, 0.717) is 11.7 Å². The van der Waals surface area contributed by atoms with E-state index in [0.717, 1.165) is 6.04 Å². The van der Waals surface area contributed by atoms with Gasteiger partial charge in [-0.2, -0.15) is 4.31 Å². The van der Waals surface area contributed by atoms with Crippen molar-refractivity contribution in [3.05, 3.63) is 35.9 Å². The lowest BCUT2D eigenvalue weighted by Gasteiger charge is -2.22. The molecule has 0 bridgehead atoms. The monoisotopic (exact) mass is 365 g/mol. The average Bonchev–Trinajstić information content (AvgIpc) is 3.31. The van der Waals surface area contributed by atoms with E-state index in [1.165, 1.54) is 37.7 Å². The lowest BCUT2D eigenvalue weighted by atomic mass is 9.85. The van der Waals surface area contributed by atoms with E-state index in [4.69, 9.17) is 0 Å². The summed E-state index contributed by atoms with van der Waals surface area (Å²) >= 11 is 0. The fourth-order valence-electron chi connectivity index (χ4n) is 4.06. The Morgan fingerprint density at radius 3 is 2.25 bits per heavy atom. The minimum atomic E-state index is -3.15. The maximum Gasteiger partial charge on any atom is 0.214 e. The van der Waals surface area contributed by atoms with Crippen molar-refractivity contribution in [1.82, 2.24) is 4.31 Å². The van der Waals surface area contributed by atoms with Crippen molar-refractivity contribution in [2.75, 3.05) is 5.75 Å². The zero-order chi connectivity index (χ0) is 17.4. The molecule has 24 heavy (non-hydrogen) atoms. The molecule has 3 nitrogen and oxygen atoms in total. The third-order valence-electron chi connectivity index (χ3n) is 5.51. The van der Waals surface area contributed by atoms with Gasteiger partial charge in [-0.05, 0) is 30.4 Å². The summed E-state index contributed by atoms with van der Waals surface area (Å²) in [6.07, 6.45) is 6.20. The number of sulfonamides is 1. The molecule has 1 aromatic rings. The molecule has 0 aromatic heterocycles. The highest BCUT2D eigenvalue weighted by Crippen LogP contribution is 2.52. The second-order valence-electron chi connectivity index (χ2n) is 8.70. The first-order valence-electron chi connectivity index (χ1n) is 9.36. The molecular weight excluding hydrogens is 334 g/mol. The molecule has 3 atom stereocenters. The minimum Gasteiger partial charge on any atom is -0.212 e. The highest BCUT2D eigenvalue weighted by Gasteiger charge is 2.58. The minimum absolute atomic E-state index is 0.0842. The maximum atomic E-state index is 13.0. The first-order chi connectivity index (χ1) is 11.3. The van der Waals surface area contributed by atoms with Crippen molar-refractivity contribution in [3.8, 4) is 0 Å². The summed E-state index contributed by atoms with van der Waals surface area (Å²) in [7, 11) is -4.50. The molecule has 2 aliphatic rings. The Hall–Kier alpha value is -0.653. The number of nitrogens with zero attached hydrogens (tertiary/aromatic N) is 1. The number of benzene rings is 1. The summed E-state index contributed by atoms with van der Waals surface area (Å²) in [5, 5.41) is 0. The highest BCUT2D eigenvalue weighted by atomic mass is 32.2. The molecule has 0 amide bonds. The normalized spacial score (nSPS) is 28.7. The average molecular weight is 366 g/mol. The van der Waals surface area contributed by atoms with Gasteiger partial charge in [0.15, 0.2) is 0 Å². The Morgan fingerprint density at radius 2 is 1.67 bits per heavy atom. The Bertz CT molecular complexity index is 648. The molecule has 1 aliphatic carbocycles. The molecule has 1 aromatic carbocycles. The molecule has 3 unspecified atom stereocenters. The van der Waals surface area contributed by atoms with Crippen LogP contribution in [-0.2, 0) is 10.0 Å². The standard InChI is InChI=1S/C19H31NO2SSi/c1-24(2,3)15-14-23(21,22)20-18(16-10-6-4-7-11-16)19(20)17-12-8-5-9-13-17/h4,6-7,10-11,17-19H,5,8-9,12-15H2,1-3H3. The number of rotatable bonds is 6. The van der Waals surface area contributed by atoms with Crippen molar-refractivity contribution in [2.24, 2.45) is 5.92 Å². The largest absolute Gasteiger partial charge is 0.214 e. The van der Waals surface area contributed by atoms with E-state index in [-0.39, 0.29) is 12.1 Å². The van der Waals surface area contributed by atoms with Crippen LogP contribution in [0.1, 0.15) is 43.7 Å². The first-order valence-corrected chi connectivity index (χ1v) is 14.7. The van der Waals surface area contributed by atoms with E-state index in [1.54, 1.807) is 0 Å². The van der Waals surface area contributed by atoms with Crippen molar-refractivity contribution in [2.45, 2.75) is 69.9 Å². The predicted octanol–water partition coefficient (Wildman–Crippen LogP) is 4.66. The van der Waals surface area contributed by atoms with E-state index < -0.39 is 18.1 Å². The van der Waals surface area contributed by atoms with Crippen LogP contribution in [0.15, 0.2) is 30.3 Å². The van der Waals surface area contributed by atoms with Gasteiger partial charge in [0.2, 0.25) is 10.0 Å². The fraction of sp³-hybridized carbons (Fsp3) is 0.684. The second kappa shape index (κ2) is 6.93. The summed E-state index contributed by atoms with van der Waals surface area (Å²) in [6.45, 7) is 6.74. The van der Waals surface area contributed by atoms with Crippen LogP contribution >= 0.6 is 0 Å².